The van der Waals surface area contributed by atoms with Gasteiger partial charge in [-0.1, -0.05) is 38.1 Å². The Morgan fingerprint density at radius 3 is 2.67 bits per heavy atom. The molecule has 21 heavy (non-hydrogen) atoms. The topological polar surface area (TPSA) is 76.7 Å². The highest BCUT2D eigenvalue weighted by molar-refractivity contribution is 5.43. The molecule has 3 N–H and O–H groups in total. The summed E-state index contributed by atoms with van der Waals surface area (Å²) in [6, 6.07) is 8.45. The average Bonchev–Trinajstić information content (AvgIpc) is 2.83. The molecule has 0 fully saturated rings. The van der Waals surface area contributed by atoms with Gasteiger partial charge in [0.15, 0.2) is 0 Å². The molecular weight excluding hydrogens is 262 g/mol. The Morgan fingerprint density at radius 1 is 1.14 bits per heavy atom. The fourth-order valence-corrected chi connectivity index (χ4v) is 2.95. The Balaban J connectivity index is 1.87. The zero-order valence-electron chi connectivity index (χ0n) is 12.5. The fraction of sp³-hybridized carbons (Fsp3) is 0.438. The second kappa shape index (κ2) is 5.77. The molecule has 2 atom stereocenters. The van der Waals surface area contributed by atoms with Gasteiger partial charge in [0.25, 0.3) is 0 Å². The molecule has 2 aromatic rings. The average molecular weight is 283 g/mol. The van der Waals surface area contributed by atoms with Gasteiger partial charge in [-0.05, 0) is 30.4 Å². The molecule has 0 aliphatic heterocycles. The fourth-order valence-electron chi connectivity index (χ4n) is 2.95. The summed E-state index contributed by atoms with van der Waals surface area (Å²) in [6.07, 6.45) is 2.60. The third kappa shape index (κ3) is 2.61. The molecule has 5 heteroatoms. The summed E-state index contributed by atoms with van der Waals surface area (Å²) in [4.78, 5) is 4.59. The Morgan fingerprint density at radius 2 is 1.90 bits per heavy atom. The van der Waals surface area contributed by atoms with Crippen molar-refractivity contribution in [1.29, 1.82) is 0 Å². The number of aryl methyl sites for hydroxylation is 2. The Labute approximate surface area is 125 Å². The summed E-state index contributed by atoms with van der Waals surface area (Å²) < 4.78 is 0. The number of aromatic nitrogens is 3. The molecule has 1 heterocycles. The lowest BCUT2D eigenvalue weighted by Crippen LogP contribution is -2.30. The van der Waals surface area contributed by atoms with Crippen molar-refractivity contribution in [2.75, 3.05) is 5.32 Å². The number of nitrogens with two attached hydrogens (primary N) is 1. The zero-order valence-corrected chi connectivity index (χ0v) is 12.5. The van der Waals surface area contributed by atoms with E-state index in [1.54, 1.807) is 0 Å². The molecule has 1 aliphatic carbocycles. The number of benzene rings is 1. The largest absolute Gasteiger partial charge is 0.345 e. The monoisotopic (exact) mass is 283 g/mol. The third-order valence-electron chi connectivity index (χ3n) is 4.07. The molecule has 0 amide bonds. The van der Waals surface area contributed by atoms with Gasteiger partial charge in [-0.15, -0.1) is 5.10 Å². The predicted octanol–water partition coefficient (Wildman–Crippen LogP) is 2.03. The van der Waals surface area contributed by atoms with E-state index < -0.39 is 0 Å². The smallest absolute Gasteiger partial charge is 0.243 e. The van der Waals surface area contributed by atoms with Gasteiger partial charge in [0.2, 0.25) is 5.95 Å². The molecule has 0 spiro atoms. The Hall–Kier alpha value is -2.01. The molecule has 1 aliphatic rings. The molecular formula is C16H21N5. The quantitative estimate of drug-likeness (QED) is 0.898. The van der Waals surface area contributed by atoms with Crippen molar-refractivity contribution in [3.63, 3.8) is 0 Å². The van der Waals surface area contributed by atoms with Crippen LogP contribution in [0.15, 0.2) is 24.3 Å². The van der Waals surface area contributed by atoms with E-state index in [1.165, 1.54) is 11.1 Å². The predicted molar refractivity (Wildman–Crippen MR) is 83.1 cm³/mol. The molecule has 0 bridgehead atoms. The van der Waals surface area contributed by atoms with Gasteiger partial charge in [-0.25, -0.2) is 4.98 Å². The van der Waals surface area contributed by atoms with Crippen molar-refractivity contribution in [2.24, 2.45) is 5.73 Å². The molecule has 0 saturated heterocycles. The minimum absolute atomic E-state index is 0.0435. The Kier molecular flexibility index (Phi) is 3.84. The van der Waals surface area contributed by atoms with Gasteiger partial charge < -0.3 is 11.1 Å². The lowest BCUT2D eigenvalue weighted by molar-refractivity contribution is 0.617. The van der Waals surface area contributed by atoms with Crippen molar-refractivity contribution in [2.45, 2.75) is 45.2 Å². The SMILES string of the molecule is CCc1nnc(NC2c3ccccc3CC2N)nc1CC. The van der Waals surface area contributed by atoms with Crippen molar-refractivity contribution in [3.8, 4) is 0 Å². The van der Waals surface area contributed by atoms with E-state index in [9.17, 15) is 0 Å². The number of hydrogen-bond acceptors (Lipinski definition) is 5. The maximum absolute atomic E-state index is 6.27. The standard InChI is InChI=1S/C16H21N5/c1-3-13-14(4-2)20-21-16(18-13)19-15-11-8-6-5-7-10(11)9-12(15)17/h5-8,12,15H,3-4,9,17H2,1-2H3,(H,18,19,21). The molecule has 0 radical (unpaired) electrons. The molecule has 2 unspecified atom stereocenters. The lowest BCUT2D eigenvalue weighted by Gasteiger charge is -2.19. The molecule has 3 rings (SSSR count). The normalized spacial score (nSPS) is 20.3. The van der Waals surface area contributed by atoms with Gasteiger partial charge in [0.1, 0.15) is 0 Å². The van der Waals surface area contributed by atoms with E-state index in [1.807, 2.05) is 6.07 Å². The first-order valence-corrected chi connectivity index (χ1v) is 7.55. The van der Waals surface area contributed by atoms with E-state index in [2.05, 4.69) is 52.5 Å². The van der Waals surface area contributed by atoms with Crippen LogP contribution in [-0.4, -0.2) is 21.2 Å². The van der Waals surface area contributed by atoms with E-state index in [0.717, 1.165) is 30.7 Å². The van der Waals surface area contributed by atoms with Gasteiger partial charge in [-0.2, -0.15) is 5.10 Å². The minimum Gasteiger partial charge on any atom is -0.345 e. The van der Waals surface area contributed by atoms with Crippen LogP contribution in [0.4, 0.5) is 5.95 Å². The molecule has 1 aromatic heterocycles. The first-order valence-electron chi connectivity index (χ1n) is 7.55. The maximum Gasteiger partial charge on any atom is 0.243 e. The van der Waals surface area contributed by atoms with Crippen molar-refractivity contribution >= 4 is 5.95 Å². The van der Waals surface area contributed by atoms with Crippen LogP contribution >= 0.6 is 0 Å². The maximum atomic E-state index is 6.27. The van der Waals surface area contributed by atoms with Crippen LogP contribution < -0.4 is 11.1 Å². The lowest BCUT2D eigenvalue weighted by atomic mass is 10.1. The molecule has 1 aromatic carbocycles. The third-order valence-corrected chi connectivity index (χ3v) is 4.07. The van der Waals surface area contributed by atoms with Crippen molar-refractivity contribution < 1.29 is 0 Å². The van der Waals surface area contributed by atoms with Crippen LogP contribution in [0.1, 0.15) is 42.4 Å². The first kappa shape index (κ1) is 13.9. The second-order valence-electron chi connectivity index (χ2n) is 5.42. The second-order valence-corrected chi connectivity index (χ2v) is 5.42. The summed E-state index contributed by atoms with van der Waals surface area (Å²) >= 11 is 0. The van der Waals surface area contributed by atoms with Gasteiger partial charge >= 0.3 is 0 Å². The van der Waals surface area contributed by atoms with Gasteiger partial charge in [0.05, 0.1) is 17.4 Å². The number of nitrogens with zero attached hydrogens (tertiary/aromatic N) is 3. The van der Waals surface area contributed by atoms with Crippen LogP contribution in [-0.2, 0) is 19.3 Å². The van der Waals surface area contributed by atoms with Crippen LogP contribution in [0.25, 0.3) is 0 Å². The first-order chi connectivity index (χ1) is 10.2. The van der Waals surface area contributed by atoms with Crippen LogP contribution in [0.3, 0.4) is 0 Å². The number of anilines is 1. The molecule has 110 valence electrons. The summed E-state index contributed by atoms with van der Waals surface area (Å²) in [5.74, 6) is 0.571. The van der Waals surface area contributed by atoms with Crippen LogP contribution in [0.2, 0.25) is 0 Å². The van der Waals surface area contributed by atoms with Gasteiger partial charge in [0, 0.05) is 6.04 Å². The minimum atomic E-state index is 0.0435. The highest BCUT2D eigenvalue weighted by Crippen LogP contribution is 2.32. The summed E-state index contributed by atoms with van der Waals surface area (Å²) in [7, 11) is 0. The highest BCUT2D eigenvalue weighted by Gasteiger charge is 2.30. The van der Waals surface area contributed by atoms with E-state index in [-0.39, 0.29) is 12.1 Å². The summed E-state index contributed by atoms with van der Waals surface area (Å²) in [5.41, 5.74) is 10.8. The zero-order chi connectivity index (χ0) is 14.8. The Bertz CT molecular complexity index is 640. The van der Waals surface area contributed by atoms with E-state index in [4.69, 9.17) is 5.73 Å². The summed E-state index contributed by atoms with van der Waals surface area (Å²) in [5, 5.41) is 11.8. The summed E-state index contributed by atoms with van der Waals surface area (Å²) in [6.45, 7) is 4.16. The van der Waals surface area contributed by atoms with Crippen LogP contribution in [0, 0.1) is 0 Å². The number of rotatable bonds is 4. The highest BCUT2D eigenvalue weighted by atomic mass is 15.3. The van der Waals surface area contributed by atoms with Gasteiger partial charge in [-0.3, -0.25) is 0 Å². The van der Waals surface area contributed by atoms with E-state index in [0.29, 0.717) is 5.95 Å². The number of hydrogen-bond donors (Lipinski definition) is 2. The van der Waals surface area contributed by atoms with Crippen LogP contribution in [0.5, 0.6) is 0 Å². The van der Waals surface area contributed by atoms with Crippen molar-refractivity contribution in [1.82, 2.24) is 15.2 Å². The molecule has 0 saturated carbocycles. The van der Waals surface area contributed by atoms with E-state index >= 15 is 0 Å². The van der Waals surface area contributed by atoms with Crippen molar-refractivity contribution in [3.05, 3.63) is 46.8 Å². The number of nitrogens with one attached hydrogen (secondary N) is 1. The molecule has 5 nitrogen and oxygen atoms in total. The number of fused-ring (bicyclic) bond motifs is 1.